The van der Waals surface area contributed by atoms with Crippen molar-refractivity contribution in [1.29, 1.82) is 0 Å². The van der Waals surface area contributed by atoms with Gasteiger partial charge in [-0.3, -0.25) is 13.9 Å². The molecule has 0 saturated heterocycles. The van der Waals surface area contributed by atoms with Crippen LogP contribution in [0, 0.1) is 6.92 Å². The zero-order valence-corrected chi connectivity index (χ0v) is 24.5. The first-order chi connectivity index (χ1) is 19.7. The lowest BCUT2D eigenvalue weighted by Crippen LogP contribution is -2.53. The predicted molar refractivity (Wildman–Crippen MR) is 162 cm³/mol. The van der Waals surface area contributed by atoms with E-state index in [1.807, 2.05) is 37.3 Å². The molecule has 0 heterocycles. The van der Waals surface area contributed by atoms with Crippen LogP contribution in [-0.2, 0) is 32.6 Å². The number of rotatable bonds is 11. The maximum Gasteiger partial charge on any atom is 0.264 e. The van der Waals surface area contributed by atoms with E-state index in [-0.39, 0.29) is 23.8 Å². The van der Waals surface area contributed by atoms with Gasteiger partial charge in [-0.25, -0.2) is 8.42 Å². The number of nitrogens with zero attached hydrogens (tertiary/aromatic N) is 2. The first kappa shape index (κ1) is 29.8. The highest BCUT2D eigenvalue weighted by molar-refractivity contribution is 7.92. The van der Waals surface area contributed by atoms with Gasteiger partial charge in [0, 0.05) is 25.0 Å². The number of hydrogen-bond donors (Lipinski definition) is 1. The fraction of sp³-hybridized carbons (Fsp3) is 0.188. The Bertz CT molecular complexity index is 1580. The quantitative estimate of drug-likeness (QED) is 0.260. The molecule has 0 aromatic heterocycles. The summed E-state index contributed by atoms with van der Waals surface area (Å²) in [6.07, 6.45) is 0.229. The van der Waals surface area contributed by atoms with Gasteiger partial charge in [0.15, 0.2) is 0 Å². The summed E-state index contributed by atoms with van der Waals surface area (Å²) in [6.45, 7) is 1.39. The van der Waals surface area contributed by atoms with Crippen molar-refractivity contribution in [3.05, 3.63) is 131 Å². The normalized spacial score (nSPS) is 11.9. The number of amides is 2. The molecule has 4 rings (SSSR count). The summed E-state index contributed by atoms with van der Waals surface area (Å²) in [5, 5.41) is 3.11. The maximum atomic E-state index is 14.2. The highest BCUT2D eigenvalue weighted by Gasteiger charge is 2.34. The van der Waals surface area contributed by atoms with E-state index in [9.17, 15) is 18.0 Å². The Morgan fingerprint density at radius 1 is 0.829 bits per heavy atom. The van der Waals surface area contributed by atoms with Gasteiger partial charge in [0.05, 0.1) is 10.6 Å². The number of likely N-dealkylation sites (N-methyl/N-ethyl adjacent to an activating group) is 1. The molecule has 212 valence electrons. The fourth-order valence-electron chi connectivity index (χ4n) is 4.49. The van der Waals surface area contributed by atoms with E-state index in [0.29, 0.717) is 16.3 Å². The lowest BCUT2D eigenvalue weighted by atomic mass is 10.0. The number of aryl methyl sites for hydroxylation is 1. The summed E-state index contributed by atoms with van der Waals surface area (Å²) in [5.74, 6) is -0.920. The van der Waals surface area contributed by atoms with Gasteiger partial charge in [-0.2, -0.15) is 0 Å². The lowest BCUT2D eigenvalue weighted by Gasteiger charge is -2.33. The van der Waals surface area contributed by atoms with E-state index in [2.05, 4.69) is 5.32 Å². The Morgan fingerprint density at radius 2 is 1.41 bits per heavy atom. The Labute approximate surface area is 246 Å². The Balaban J connectivity index is 1.78. The molecule has 1 unspecified atom stereocenters. The Kier molecular flexibility index (Phi) is 9.81. The summed E-state index contributed by atoms with van der Waals surface area (Å²) < 4.78 is 28.9. The summed E-state index contributed by atoms with van der Waals surface area (Å²) in [7, 11) is -2.62. The second kappa shape index (κ2) is 13.5. The monoisotopic (exact) mass is 589 g/mol. The molecule has 0 aliphatic rings. The molecule has 0 fully saturated rings. The van der Waals surface area contributed by atoms with Crippen molar-refractivity contribution < 1.29 is 18.0 Å². The van der Waals surface area contributed by atoms with E-state index in [0.717, 1.165) is 15.4 Å². The molecule has 0 aliphatic carbocycles. The molecule has 0 aliphatic heterocycles. The van der Waals surface area contributed by atoms with Crippen LogP contribution in [0.3, 0.4) is 0 Å². The molecule has 1 atom stereocenters. The van der Waals surface area contributed by atoms with Crippen LogP contribution < -0.4 is 9.62 Å². The third-order valence-electron chi connectivity index (χ3n) is 6.75. The van der Waals surface area contributed by atoms with Crippen LogP contribution in [0.15, 0.2) is 114 Å². The first-order valence-corrected chi connectivity index (χ1v) is 15.0. The van der Waals surface area contributed by atoms with Crippen LogP contribution in [0.2, 0.25) is 5.02 Å². The van der Waals surface area contributed by atoms with Crippen molar-refractivity contribution in [3.8, 4) is 0 Å². The summed E-state index contributed by atoms with van der Waals surface area (Å²) in [4.78, 5) is 29.0. The minimum atomic E-state index is -4.13. The number of nitrogens with one attached hydrogen (secondary N) is 1. The molecule has 0 bridgehead atoms. The SMILES string of the molecule is CNC(=O)C(Cc1ccccc1)N(Cc1ccccc1Cl)C(=O)CN(c1ccc(C)cc1)S(=O)(=O)c1ccccc1. The van der Waals surface area contributed by atoms with Gasteiger partial charge in [-0.15, -0.1) is 0 Å². The molecule has 0 radical (unpaired) electrons. The van der Waals surface area contributed by atoms with Gasteiger partial charge in [0.2, 0.25) is 11.8 Å². The molecule has 4 aromatic carbocycles. The highest BCUT2D eigenvalue weighted by Crippen LogP contribution is 2.26. The Hall–Kier alpha value is -4.14. The number of carbonyl (C=O) groups is 2. The van der Waals surface area contributed by atoms with Gasteiger partial charge in [-0.1, -0.05) is 96.0 Å². The van der Waals surface area contributed by atoms with Crippen LogP contribution in [0.1, 0.15) is 16.7 Å². The van der Waals surface area contributed by atoms with E-state index in [1.165, 1.54) is 24.1 Å². The third-order valence-corrected chi connectivity index (χ3v) is 8.90. The van der Waals surface area contributed by atoms with Crippen LogP contribution >= 0.6 is 11.6 Å². The van der Waals surface area contributed by atoms with Crippen molar-refractivity contribution >= 4 is 39.1 Å². The fourth-order valence-corrected chi connectivity index (χ4v) is 6.12. The van der Waals surface area contributed by atoms with E-state index in [4.69, 9.17) is 11.6 Å². The van der Waals surface area contributed by atoms with Crippen molar-refractivity contribution in [3.63, 3.8) is 0 Å². The first-order valence-electron chi connectivity index (χ1n) is 13.1. The minimum absolute atomic E-state index is 0.0105. The van der Waals surface area contributed by atoms with Crippen LogP contribution in [-0.4, -0.2) is 44.8 Å². The third kappa shape index (κ3) is 7.34. The summed E-state index contributed by atoms with van der Waals surface area (Å²) in [5.41, 5.74) is 2.77. The van der Waals surface area contributed by atoms with Crippen LogP contribution in [0.4, 0.5) is 5.69 Å². The molecule has 7 nitrogen and oxygen atoms in total. The number of carbonyl (C=O) groups excluding carboxylic acids is 2. The molecular formula is C32H32ClN3O4S. The number of sulfonamides is 1. The van der Waals surface area contributed by atoms with Gasteiger partial charge in [0.25, 0.3) is 10.0 Å². The zero-order valence-electron chi connectivity index (χ0n) is 22.9. The van der Waals surface area contributed by atoms with Crippen molar-refractivity contribution in [2.45, 2.75) is 30.8 Å². The summed E-state index contributed by atoms with van der Waals surface area (Å²) >= 11 is 6.48. The predicted octanol–water partition coefficient (Wildman–Crippen LogP) is 5.23. The topological polar surface area (TPSA) is 86.8 Å². The van der Waals surface area contributed by atoms with E-state index >= 15 is 0 Å². The molecule has 4 aromatic rings. The maximum absolute atomic E-state index is 14.2. The minimum Gasteiger partial charge on any atom is -0.357 e. The van der Waals surface area contributed by atoms with Gasteiger partial charge in [-0.05, 0) is 48.4 Å². The Morgan fingerprint density at radius 3 is 2.02 bits per heavy atom. The number of anilines is 1. The second-order valence-corrected chi connectivity index (χ2v) is 11.9. The van der Waals surface area contributed by atoms with Crippen molar-refractivity contribution in [1.82, 2.24) is 10.2 Å². The van der Waals surface area contributed by atoms with Gasteiger partial charge >= 0.3 is 0 Å². The molecule has 1 N–H and O–H groups in total. The molecule has 0 spiro atoms. The standard InChI is InChI=1S/C32H32ClN3O4S/c1-24-17-19-27(20-18-24)36(41(39,40)28-14-7-4-8-15-28)23-31(37)35(22-26-13-9-10-16-29(26)33)30(32(38)34-2)21-25-11-5-3-6-12-25/h3-20,30H,21-23H2,1-2H3,(H,34,38). The van der Waals surface area contributed by atoms with Gasteiger partial charge < -0.3 is 10.2 Å². The van der Waals surface area contributed by atoms with Crippen LogP contribution in [0.25, 0.3) is 0 Å². The highest BCUT2D eigenvalue weighted by atomic mass is 35.5. The lowest BCUT2D eigenvalue weighted by molar-refractivity contribution is -0.139. The molecular weight excluding hydrogens is 558 g/mol. The van der Waals surface area contributed by atoms with Gasteiger partial charge in [0.1, 0.15) is 12.6 Å². The average molecular weight is 590 g/mol. The number of hydrogen-bond acceptors (Lipinski definition) is 4. The average Bonchev–Trinajstić information content (AvgIpc) is 2.99. The van der Waals surface area contributed by atoms with Crippen molar-refractivity contribution in [2.24, 2.45) is 0 Å². The van der Waals surface area contributed by atoms with E-state index in [1.54, 1.807) is 66.7 Å². The largest absolute Gasteiger partial charge is 0.357 e. The van der Waals surface area contributed by atoms with Crippen molar-refractivity contribution in [2.75, 3.05) is 17.9 Å². The molecule has 0 saturated carbocycles. The second-order valence-electron chi connectivity index (χ2n) is 9.59. The van der Waals surface area contributed by atoms with Crippen LogP contribution in [0.5, 0.6) is 0 Å². The zero-order chi connectivity index (χ0) is 29.4. The molecule has 2 amide bonds. The smallest absolute Gasteiger partial charge is 0.264 e. The summed E-state index contributed by atoms with van der Waals surface area (Å²) in [6, 6.07) is 30.4. The number of halogens is 1. The molecule has 41 heavy (non-hydrogen) atoms. The van der Waals surface area contributed by atoms with E-state index < -0.39 is 28.5 Å². The molecule has 9 heteroatoms. The number of benzene rings is 4.